The van der Waals surface area contributed by atoms with E-state index in [0.29, 0.717) is 18.2 Å². The Bertz CT molecular complexity index is 246. The molecule has 0 aliphatic carbocycles. The van der Waals surface area contributed by atoms with Crippen molar-refractivity contribution in [2.75, 3.05) is 0 Å². The Kier molecular flexibility index (Phi) is 2.20. The lowest BCUT2D eigenvalue weighted by Crippen LogP contribution is -2.16. The fourth-order valence-corrected chi connectivity index (χ4v) is 0.660. The van der Waals surface area contributed by atoms with Crippen LogP contribution in [0.2, 0.25) is 0 Å². The van der Waals surface area contributed by atoms with Crippen molar-refractivity contribution in [3.63, 3.8) is 0 Å². The largest absolute Gasteiger partial charge is 0.423 e. The zero-order valence-corrected chi connectivity index (χ0v) is 6.37. The first-order valence-electron chi connectivity index (χ1n) is 3.23. The van der Waals surface area contributed by atoms with Gasteiger partial charge in [-0.3, -0.25) is 4.79 Å². The lowest BCUT2D eigenvalue weighted by atomic mass is 10.3. The highest BCUT2D eigenvalue weighted by molar-refractivity contribution is 5.46. The van der Waals surface area contributed by atoms with Crippen molar-refractivity contribution >= 4 is 6.41 Å². The van der Waals surface area contributed by atoms with E-state index in [9.17, 15) is 4.79 Å². The van der Waals surface area contributed by atoms with E-state index in [0.717, 1.165) is 0 Å². The van der Waals surface area contributed by atoms with Gasteiger partial charge in [0.2, 0.25) is 18.2 Å². The predicted molar refractivity (Wildman–Crippen MR) is 36.6 cm³/mol. The van der Waals surface area contributed by atoms with Gasteiger partial charge in [0, 0.05) is 6.92 Å². The lowest BCUT2D eigenvalue weighted by Gasteiger charge is -2.01. The summed E-state index contributed by atoms with van der Waals surface area (Å²) in [6.07, 6.45) is 0.601. The van der Waals surface area contributed by atoms with Gasteiger partial charge < -0.3 is 9.73 Å². The molecule has 5 nitrogen and oxygen atoms in total. The van der Waals surface area contributed by atoms with Crippen molar-refractivity contribution in [3.05, 3.63) is 11.8 Å². The summed E-state index contributed by atoms with van der Waals surface area (Å²) in [5.41, 5.74) is 0. The highest BCUT2D eigenvalue weighted by atomic mass is 16.4. The van der Waals surface area contributed by atoms with Crippen LogP contribution in [0.5, 0.6) is 0 Å². The number of carbonyl (C=O) groups excluding carboxylic acids is 1. The number of amides is 1. The molecule has 5 heteroatoms. The van der Waals surface area contributed by atoms with Gasteiger partial charge in [-0.25, -0.2) is 0 Å². The second-order valence-electron chi connectivity index (χ2n) is 2.17. The molecule has 0 aliphatic rings. The maximum Gasteiger partial charge on any atom is 0.238 e. The first-order chi connectivity index (χ1) is 5.24. The van der Waals surface area contributed by atoms with Crippen LogP contribution >= 0.6 is 0 Å². The third-order valence-electron chi connectivity index (χ3n) is 1.23. The number of nitrogens with one attached hydrogen (secondary N) is 1. The van der Waals surface area contributed by atoms with Crippen molar-refractivity contribution in [1.29, 1.82) is 0 Å². The van der Waals surface area contributed by atoms with E-state index in [-0.39, 0.29) is 6.04 Å². The Morgan fingerprint density at radius 3 is 2.82 bits per heavy atom. The van der Waals surface area contributed by atoms with E-state index in [1.54, 1.807) is 13.8 Å². The molecule has 1 rings (SSSR count). The van der Waals surface area contributed by atoms with Crippen LogP contribution in [0.25, 0.3) is 0 Å². The summed E-state index contributed by atoms with van der Waals surface area (Å²) in [6, 6.07) is -0.214. The number of carbonyl (C=O) groups is 1. The van der Waals surface area contributed by atoms with Crippen LogP contribution in [0.4, 0.5) is 0 Å². The minimum Gasteiger partial charge on any atom is -0.423 e. The maximum absolute atomic E-state index is 9.99. The Labute approximate surface area is 63.8 Å². The van der Waals surface area contributed by atoms with E-state index < -0.39 is 0 Å². The lowest BCUT2D eigenvalue weighted by molar-refractivity contribution is -0.110. The molecule has 0 aromatic carbocycles. The van der Waals surface area contributed by atoms with E-state index in [1.165, 1.54) is 0 Å². The van der Waals surface area contributed by atoms with Gasteiger partial charge in [-0.05, 0) is 6.92 Å². The van der Waals surface area contributed by atoms with Crippen molar-refractivity contribution in [3.8, 4) is 0 Å². The van der Waals surface area contributed by atoms with Crippen molar-refractivity contribution in [2.45, 2.75) is 19.9 Å². The van der Waals surface area contributed by atoms with Crippen LogP contribution in [0.3, 0.4) is 0 Å². The minimum absolute atomic E-state index is 0.214. The molecular weight excluding hydrogens is 146 g/mol. The zero-order chi connectivity index (χ0) is 8.27. The van der Waals surface area contributed by atoms with Gasteiger partial charge in [-0.1, -0.05) is 0 Å². The molecule has 1 heterocycles. The summed E-state index contributed by atoms with van der Waals surface area (Å²) in [5, 5.41) is 9.84. The number of hydrogen-bond donors (Lipinski definition) is 1. The number of aryl methyl sites for hydroxylation is 1. The third kappa shape index (κ3) is 1.76. The van der Waals surface area contributed by atoms with Crippen LogP contribution in [0.15, 0.2) is 4.42 Å². The van der Waals surface area contributed by atoms with Crippen LogP contribution < -0.4 is 5.32 Å². The van der Waals surface area contributed by atoms with Gasteiger partial charge in [0.1, 0.15) is 6.04 Å². The quantitative estimate of drug-likeness (QED) is 0.632. The number of aromatic nitrogens is 2. The molecular formula is C6H9N3O2. The first kappa shape index (κ1) is 7.71. The molecule has 1 N–H and O–H groups in total. The fourth-order valence-electron chi connectivity index (χ4n) is 0.660. The van der Waals surface area contributed by atoms with Gasteiger partial charge in [-0.15, -0.1) is 10.2 Å². The van der Waals surface area contributed by atoms with Gasteiger partial charge in [0.15, 0.2) is 0 Å². The molecule has 0 bridgehead atoms. The SMILES string of the molecule is Cc1nnc(C(C)NC=O)o1. The monoisotopic (exact) mass is 155 g/mol. The fraction of sp³-hybridized carbons (Fsp3) is 0.500. The van der Waals surface area contributed by atoms with Crippen LogP contribution in [-0.4, -0.2) is 16.6 Å². The summed E-state index contributed by atoms with van der Waals surface area (Å²) >= 11 is 0. The highest BCUT2D eigenvalue weighted by Crippen LogP contribution is 2.08. The number of nitrogens with zero attached hydrogens (tertiary/aromatic N) is 2. The smallest absolute Gasteiger partial charge is 0.238 e. The topological polar surface area (TPSA) is 68.0 Å². The molecule has 0 radical (unpaired) electrons. The molecule has 11 heavy (non-hydrogen) atoms. The predicted octanol–water partition coefficient (Wildman–Crippen LogP) is 0.185. The molecule has 0 aliphatic heterocycles. The maximum atomic E-state index is 9.99. The first-order valence-corrected chi connectivity index (χ1v) is 3.23. The van der Waals surface area contributed by atoms with Gasteiger partial charge in [-0.2, -0.15) is 0 Å². The molecule has 0 spiro atoms. The second kappa shape index (κ2) is 3.14. The molecule has 1 aromatic heterocycles. The molecule has 1 aromatic rings. The molecule has 0 saturated carbocycles. The molecule has 1 amide bonds. The molecule has 1 unspecified atom stereocenters. The summed E-state index contributed by atoms with van der Waals surface area (Å²) in [5.74, 6) is 0.925. The van der Waals surface area contributed by atoms with Crippen molar-refractivity contribution in [1.82, 2.24) is 15.5 Å². The Hall–Kier alpha value is -1.39. The molecule has 1 atom stereocenters. The second-order valence-corrected chi connectivity index (χ2v) is 2.17. The van der Waals surface area contributed by atoms with E-state index in [4.69, 9.17) is 4.42 Å². The number of rotatable bonds is 3. The zero-order valence-electron chi connectivity index (χ0n) is 6.37. The van der Waals surface area contributed by atoms with Crippen LogP contribution in [0.1, 0.15) is 24.7 Å². The Morgan fingerprint density at radius 2 is 2.36 bits per heavy atom. The summed E-state index contributed by atoms with van der Waals surface area (Å²) in [7, 11) is 0. The third-order valence-corrected chi connectivity index (χ3v) is 1.23. The Balaban J connectivity index is 2.67. The van der Waals surface area contributed by atoms with E-state index in [2.05, 4.69) is 15.5 Å². The average Bonchev–Trinajstić information content (AvgIpc) is 2.36. The minimum atomic E-state index is -0.214. The van der Waals surface area contributed by atoms with Crippen LogP contribution in [0, 0.1) is 6.92 Å². The standard InChI is InChI=1S/C6H9N3O2/c1-4(7-3-10)6-9-8-5(2)11-6/h3-4H,1-2H3,(H,7,10). The van der Waals surface area contributed by atoms with Gasteiger partial charge in [0.25, 0.3) is 0 Å². The normalized spacial score (nSPS) is 12.5. The average molecular weight is 155 g/mol. The Morgan fingerprint density at radius 1 is 1.64 bits per heavy atom. The molecule has 0 saturated heterocycles. The number of hydrogen-bond acceptors (Lipinski definition) is 4. The summed E-state index contributed by atoms with van der Waals surface area (Å²) < 4.78 is 5.05. The van der Waals surface area contributed by atoms with Crippen molar-refractivity contribution < 1.29 is 9.21 Å². The van der Waals surface area contributed by atoms with Crippen molar-refractivity contribution in [2.24, 2.45) is 0 Å². The van der Waals surface area contributed by atoms with Crippen LogP contribution in [-0.2, 0) is 4.79 Å². The summed E-state index contributed by atoms with van der Waals surface area (Å²) in [6.45, 7) is 3.46. The van der Waals surface area contributed by atoms with E-state index in [1.807, 2.05) is 0 Å². The van der Waals surface area contributed by atoms with Gasteiger partial charge in [0.05, 0.1) is 0 Å². The van der Waals surface area contributed by atoms with Gasteiger partial charge >= 0.3 is 0 Å². The highest BCUT2D eigenvalue weighted by Gasteiger charge is 2.09. The molecule has 60 valence electrons. The molecule has 0 fully saturated rings. The summed E-state index contributed by atoms with van der Waals surface area (Å²) in [4.78, 5) is 9.99. The van der Waals surface area contributed by atoms with E-state index >= 15 is 0 Å².